The van der Waals surface area contributed by atoms with Crippen LogP contribution in [0.1, 0.15) is 23.3 Å². The van der Waals surface area contributed by atoms with E-state index in [0.717, 1.165) is 6.42 Å². The van der Waals surface area contributed by atoms with Crippen molar-refractivity contribution in [3.05, 3.63) is 52.3 Å². The van der Waals surface area contributed by atoms with E-state index >= 15 is 0 Å². The second-order valence-electron chi connectivity index (χ2n) is 5.13. The van der Waals surface area contributed by atoms with Gasteiger partial charge in [0.25, 0.3) is 5.91 Å². The summed E-state index contributed by atoms with van der Waals surface area (Å²) in [6.45, 7) is 0.663. The minimum Gasteiger partial charge on any atom is -0.321 e. The standard InChI is InChI=1S/C16H13Cl2N3O2/c17-10-5-6-19-13(8-10)16(23)20-11-3-4-14(12(18)9-11)21-7-1-2-15(21)22/h3-6,8-9H,1-2,7H2,(H,20,23). The first-order valence-corrected chi connectivity index (χ1v) is 7.83. The molecule has 1 aliphatic heterocycles. The lowest BCUT2D eigenvalue weighted by Crippen LogP contribution is -2.24. The number of anilines is 2. The van der Waals surface area contributed by atoms with Gasteiger partial charge < -0.3 is 10.2 Å². The molecule has 0 spiro atoms. The van der Waals surface area contributed by atoms with Crippen LogP contribution in [0, 0.1) is 0 Å². The Labute approximate surface area is 143 Å². The molecule has 1 aliphatic rings. The van der Waals surface area contributed by atoms with E-state index in [1.807, 2.05) is 0 Å². The van der Waals surface area contributed by atoms with Crippen LogP contribution in [0.5, 0.6) is 0 Å². The van der Waals surface area contributed by atoms with Crippen molar-refractivity contribution in [1.82, 2.24) is 4.98 Å². The topological polar surface area (TPSA) is 62.3 Å². The molecular weight excluding hydrogens is 337 g/mol. The summed E-state index contributed by atoms with van der Waals surface area (Å²) in [6, 6.07) is 8.12. The van der Waals surface area contributed by atoms with Gasteiger partial charge in [0.05, 0.1) is 10.7 Å². The van der Waals surface area contributed by atoms with Crippen molar-refractivity contribution in [3.8, 4) is 0 Å². The average molecular weight is 350 g/mol. The summed E-state index contributed by atoms with van der Waals surface area (Å²) >= 11 is 12.1. The molecule has 118 valence electrons. The lowest BCUT2D eigenvalue weighted by atomic mass is 10.2. The molecule has 2 heterocycles. The van der Waals surface area contributed by atoms with Gasteiger partial charge in [-0.15, -0.1) is 0 Å². The molecule has 1 aromatic carbocycles. The van der Waals surface area contributed by atoms with Crippen LogP contribution in [0.4, 0.5) is 11.4 Å². The molecule has 0 bridgehead atoms. The zero-order valence-electron chi connectivity index (χ0n) is 12.1. The molecule has 1 aromatic heterocycles. The van der Waals surface area contributed by atoms with E-state index < -0.39 is 0 Å². The quantitative estimate of drug-likeness (QED) is 0.917. The SMILES string of the molecule is O=C(Nc1ccc(N2CCCC2=O)c(Cl)c1)c1cc(Cl)ccn1. The van der Waals surface area contributed by atoms with Gasteiger partial charge in [-0.25, -0.2) is 0 Å². The van der Waals surface area contributed by atoms with Crippen LogP contribution in [-0.4, -0.2) is 23.3 Å². The predicted octanol–water partition coefficient (Wildman–Crippen LogP) is 3.77. The first kappa shape index (κ1) is 15.8. The van der Waals surface area contributed by atoms with Crippen LogP contribution in [0.2, 0.25) is 10.0 Å². The highest BCUT2D eigenvalue weighted by Crippen LogP contribution is 2.31. The van der Waals surface area contributed by atoms with Gasteiger partial charge >= 0.3 is 0 Å². The lowest BCUT2D eigenvalue weighted by molar-refractivity contribution is -0.117. The minimum absolute atomic E-state index is 0.0619. The maximum Gasteiger partial charge on any atom is 0.274 e. The monoisotopic (exact) mass is 349 g/mol. The summed E-state index contributed by atoms with van der Waals surface area (Å²) in [5.74, 6) is -0.319. The molecule has 0 unspecified atom stereocenters. The highest BCUT2D eigenvalue weighted by Gasteiger charge is 2.23. The molecule has 2 aromatic rings. The van der Waals surface area contributed by atoms with Gasteiger partial charge in [0.15, 0.2) is 0 Å². The molecule has 23 heavy (non-hydrogen) atoms. The van der Waals surface area contributed by atoms with Crippen LogP contribution < -0.4 is 10.2 Å². The number of rotatable bonds is 3. The lowest BCUT2D eigenvalue weighted by Gasteiger charge is -2.18. The number of hydrogen-bond donors (Lipinski definition) is 1. The van der Waals surface area contributed by atoms with Crippen molar-refractivity contribution < 1.29 is 9.59 Å². The van der Waals surface area contributed by atoms with Crippen LogP contribution in [0.15, 0.2) is 36.5 Å². The molecule has 0 saturated carbocycles. The minimum atomic E-state index is -0.381. The Bertz CT molecular complexity index is 780. The molecule has 1 saturated heterocycles. The van der Waals surface area contributed by atoms with Gasteiger partial charge in [-0.2, -0.15) is 0 Å². The number of carbonyl (C=O) groups is 2. The molecule has 5 nitrogen and oxygen atoms in total. The number of aromatic nitrogens is 1. The van der Waals surface area contributed by atoms with Crippen LogP contribution in [-0.2, 0) is 4.79 Å². The van der Waals surface area contributed by atoms with E-state index in [0.29, 0.717) is 34.4 Å². The van der Waals surface area contributed by atoms with Crippen molar-refractivity contribution in [1.29, 1.82) is 0 Å². The van der Waals surface area contributed by atoms with Crippen molar-refractivity contribution >= 4 is 46.4 Å². The van der Waals surface area contributed by atoms with Gasteiger partial charge in [0.1, 0.15) is 5.69 Å². The van der Waals surface area contributed by atoms with Gasteiger partial charge in [0, 0.05) is 29.9 Å². The molecule has 0 aliphatic carbocycles. The molecular formula is C16H13Cl2N3O2. The summed E-state index contributed by atoms with van der Waals surface area (Å²) in [6.07, 6.45) is 2.83. The van der Waals surface area contributed by atoms with Gasteiger partial charge in [-0.3, -0.25) is 14.6 Å². The van der Waals surface area contributed by atoms with E-state index in [4.69, 9.17) is 23.2 Å². The molecule has 1 fully saturated rings. The molecule has 0 radical (unpaired) electrons. The largest absolute Gasteiger partial charge is 0.321 e. The predicted molar refractivity (Wildman–Crippen MR) is 90.2 cm³/mol. The summed E-state index contributed by atoms with van der Waals surface area (Å²) < 4.78 is 0. The second kappa shape index (κ2) is 6.56. The van der Waals surface area contributed by atoms with Crippen molar-refractivity contribution in [3.63, 3.8) is 0 Å². The summed E-state index contributed by atoms with van der Waals surface area (Å²) in [7, 11) is 0. The first-order valence-electron chi connectivity index (χ1n) is 7.07. The third kappa shape index (κ3) is 3.46. The van der Waals surface area contributed by atoms with E-state index in [1.165, 1.54) is 12.3 Å². The number of carbonyl (C=O) groups excluding carboxylic acids is 2. The highest BCUT2D eigenvalue weighted by atomic mass is 35.5. The fourth-order valence-electron chi connectivity index (χ4n) is 2.43. The van der Waals surface area contributed by atoms with Crippen molar-refractivity contribution in [2.24, 2.45) is 0 Å². The first-order chi connectivity index (χ1) is 11.0. The summed E-state index contributed by atoms with van der Waals surface area (Å²) in [5.41, 5.74) is 1.40. The Kier molecular flexibility index (Phi) is 4.50. The smallest absolute Gasteiger partial charge is 0.274 e. The Balaban J connectivity index is 1.78. The number of hydrogen-bond acceptors (Lipinski definition) is 3. The number of nitrogens with zero attached hydrogens (tertiary/aromatic N) is 2. The number of halogens is 2. The molecule has 3 rings (SSSR count). The van der Waals surface area contributed by atoms with Crippen molar-refractivity contribution in [2.45, 2.75) is 12.8 Å². The fourth-order valence-corrected chi connectivity index (χ4v) is 2.87. The van der Waals surface area contributed by atoms with Crippen molar-refractivity contribution in [2.75, 3.05) is 16.8 Å². The Morgan fingerprint density at radius 1 is 1.22 bits per heavy atom. The second-order valence-corrected chi connectivity index (χ2v) is 5.97. The number of pyridine rings is 1. The zero-order valence-corrected chi connectivity index (χ0v) is 13.6. The average Bonchev–Trinajstić information content (AvgIpc) is 2.93. The normalized spacial score (nSPS) is 14.2. The zero-order chi connectivity index (χ0) is 16.4. The molecule has 0 atom stereocenters. The summed E-state index contributed by atoms with van der Waals surface area (Å²) in [4.78, 5) is 29.5. The van der Waals surface area contributed by atoms with Gasteiger partial charge in [-0.1, -0.05) is 23.2 Å². The number of nitrogens with one attached hydrogen (secondary N) is 1. The Hall–Kier alpha value is -2.11. The third-order valence-corrected chi connectivity index (χ3v) is 4.06. The van der Waals surface area contributed by atoms with Gasteiger partial charge in [-0.05, 0) is 36.8 Å². The van der Waals surface area contributed by atoms with E-state index in [9.17, 15) is 9.59 Å². The van der Waals surface area contributed by atoms with Gasteiger partial charge in [0.2, 0.25) is 5.91 Å². The fraction of sp³-hybridized carbons (Fsp3) is 0.188. The Morgan fingerprint density at radius 2 is 2.04 bits per heavy atom. The maximum atomic E-state index is 12.1. The van der Waals surface area contributed by atoms with E-state index in [1.54, 1.807) is 29.2 Å². The van der Waals surface area contributed by atoms with Crippen LogP contribution >= 0.6 is 23.2 Å². The molecule has 1 N–H and O–H groups in total. The van der Waals surface area contributed by atoms with E-state index in [2.05, 4.69) is 10.3 Å². The summed E-state index contributed by atoms with van der Waals surface area (Å²) in [5, 5.41) is 3.56. The number of amides is 2. The van der Waals surface area contributed by atoms with Crippen LogP contribution in [0.25, 0.3) is 0 Å². The Morgan fingerprint density at radius 3 is 2.70 bits per heavy atom. The highest BCUT2D eigenvalue weighted by molar-refractivity contribution is 6.34. The molecule has 2 amide bonds. The molecule has 7 heteroatoms. The maximum absolute atomic E-state index is 12.1. The van der Waals surface area contributed by atoms with Crippen LogP contribution in [0.3, 0.4) is 0 Å². The number of benzene rings is 1. The van der Waals surface area contributed by atoms with E-state index in [-0.39, 0.29) is 17.5 Å². The third-order valence-electron chi connectivity index (χ3n) is 3.52.